The van der Waals surface area contributed by atoms with Gasteiger partial charge in [-0.15, -0.1) is 4.98 Å². The van der Waals surface area contributed by atoms with Gasteiger partial charge in [-0.25, -0.2) is 4.79 Å². The number of nitrogens with zero attached hydrogens (tertiary/aromatic N) is 3. The number of ether oxygens (including phenoxy) is 1. The maximum Gasteiger partial charge on any atom is 0.417 e. The van der Waals surface area contributed by atoms with E-state index in [1.54, 1.807) is 0 Å². The molecule has 0 aliphatic rings. The van der Waals surface area contributed by atoms with Gasteiger partial charge in [-0.2, -0.15) is 18.2 Å². The first-order valence-electron chi connectivity index (χ1n) is 4.95. The first-order valence-corrected chi connectivity index (χ1v) is 4.95. The zero-order chi connectivity index (χ0) is 14.0. The van der Waals surface area contributed by atoms with Crippen LogP contribution < -0.4 is 10.4 Å². The van der Waals surface area contributed by atoms with E-state index in [4.69, 9.17) is 0 Å². The molecule has 2 heterocycles. The van der Waals surface area contributed by atoms with E-state index in [0.717, 1.165) is 18.5 Å². The number of hydrogen-bond acceptors (Lipinski definition) is 5. The summed E-state index contributed by atoms with van der Waals surface area (Å²) < 4.78 is 43.1. The summed E-state index contributed by atoms with van der Waals surface area (Å²) in [7, 11) is 1.20. The van der Waals surface area contributed by atoms with E-state index in [1.807, 2.05) is 0 Å². The van der Waals surface area contributed by atoms with Crippen LogP contribution in [0.2, 0.25) is 0 Å². The predicted molar refractivity (Wildman–Crippen MR) is 57.4 cm³/mol. The van der Waals surface area contributed by atoms with Crippen molar-refractivity contribution >= 4 is 0 Å². The molecule has 19 heavy (non-hydrogen) atoms. The molecule has 2 aromatic rings. The number of H-pyrrole nitrogens is 1. The number of aromatic nitrogens is 4. The number of rotatable bonds is 2. The molecule has 0 aromatic carbocycles. The Morgan fingerprint density at radius 2 is 2.05 bits per heavy atom. The van der Waals surface area contributed by atoms with Crippen molar-refractivity contribution in [3.63, 3.8) is 0 Å². The number of methoxy groups -OCH3 is 1. The molecule has 2 aromatic heterocycles. The van der Waals surface area contributed by atoms with Gasteiger partial charge in [-0.1, -0.05) is 0 Å². The Balaban J connectivity index is 2.66. The Kier molecular flexibility index (Phi) is 3.19. The van der Waals surface area contributed by atoms with E-state index >= 15 is 0 Å². The smallest absolute Gasteiger partial charge is 0.417 e. The molecule has 0 aliphatic carbocycles. The summed E-state index contributed by atoms with van der Waals surface area (Å²) in [5, 5.41) is 0. The Bertz CT molecular complexity index is 654. The van der Waals surface area contributed by atoms with E-state index in [2.05, 4.69) is 24.7 Å². The molecule has 0 aliphatic heterocycles. The molecule has 0 fully saturated rings. The van der Waals surface area contributed by atoms with E-state index in [0.29, 0.717) is 0 Å². The number of nitrogens with one attached hydrogen (secondary N) is 1. The molecule has 0 radical (unpaired) electrons. The highest BCUT2D eigenvalue weighted by Gasteiger charge is 2.34. The van der Waals surface area contributed by atoms with Crippen LogP contribution in [-0.2, 0) is 6.18 Å². The highest BCUT2D eigenvalue weighted by atomic mass is 19.4. The molecule has 0 saturated carbocycles. The van der Waals surface area contributed by atoms with Gasteiger partial charge in [0, 0.05) is 18.0 Å². The molecule has 100 valence electrons. The van der Waals surface area contributed by atoms with Crippen LogP contribution in [0.1, 0.15) is 5.56 Å². The SMILES string of the molecule is COc1nc(-c2cnccc2C(F)(F)F)[nH]c(=O)n1. The van der Waals surface area contributed by atoms with Crippen LogP contribution in [-0.4, -0.2) is 27.0 Å². The molecule has 6 nitrogen and oxygen atoms in total. The summed E-state index contributed by atoms with van der Waals surface area (Å²) in [6.07, 6.45) is -2.63. The minimum atomic E-state index is -4.59. The number of halogens is 3. The fourth-order valence-electron chi connectivity index (χ4n) is 1.41. The summed E-state index contributed by atoms with van der Waals surface area (Å²) in [4.78, 5) is 23.9. The predicted octanol–water partition coefficient (Wildman–Crippen LogP) is 1.25. The van der Waals surface area contributed by atoms with Gasteiger partial charge < -0.3 is 4.74 Å². The summed E-state index contributed by atoms with van der Waals surface area (Å²) in [5.74, 6) is -0.308. The zero-order valence-corrected chi connectivity index (χ0v) is 9.52. The van der Waals surface area contributed by atoms with Crippen molar-refractivity contribution in [2.75, 3.05) is 7.11 Å². The van der Waals surface area contributed by atoms with Crippen LogP contribution in [0.3, 0.4) is 0 Å². The van der Waals surface area contributed by atoms with Gasteiger partial charge in [0.05, 0.1) is 12.7 Å². The lowest BCUT2D eigenvalue weighted by atomic mass is 10.1. The first kappa shape index (κ1) is 13.0. The average molecular weight is 272 g/mol. The topological polar surface area (TPSA) is 80.8 Å². The lowest BCUT2D eigenvalue weighted by molar-refractivity contribution is -0.137. The second-order valence-electron chi connectivity index (χ2n) is 3.41. The van der Waals surface area contributed by atoms with E-state index in [9.17, 15) is 18.0 Å². The summed E-state index contributed by atoms with van der Waals surface area (Å²) >= 11 is 0. The van der Waals surface area contributed by atoms with Crippen molar-refractivity contribution in [1.82, 2.24) is 19.9 Å². The molecular formula is C10H7F3N4O2. The average Bonchev–Trinajstić information content (AvgIpc) is 2.37. The Labute approximate surface area is 104 Å². The minimum absolute atomic E-state index is 0.308. The monoisotopic (exact) mass is 272 g/mol. The Morgan fingerprint density at radius 1 is 1.32 bits per heavy atom. The van der Waals surface area contributed by atoms with Crippen molar-refractivity contribution in [2.45, 2.75) is 6.18 Å². The second kappa shape index (κ2) is 4.67. The van der Waals surface area contributed by atoms with Crippen molar-refractivity contribution in [1.29, 1.82) is 0 Å². The molecule has 0 saturated heterocycles. The zero-order valence-electron chi connectivity index (χ0n) is 9.52. The molecule has 0 atom stereocenters. The van der Waals surface area contributed by atoms with Gasteiger partial charge in [0.25, 0.3) is 0 Å². The highest BCUT2D eigenvalue weighted by molar-refractivity contribution is 5.59. The van der Waals surface area contributed by atoms with Crippen LogP contribution in [0.4, 0.5) is 13.2 Å². The molecule has 9 heteroatoms. The molecule has 0 amide bonds. The van der Waals surface area contributed by atoms with Crippen LogP contribution >= 0.6 is 0 Å². The van der Waals surface area contributed by atoms with Crippen molar-refractivity contribution < 1.29 is 17.9 Å². The van der Waals surface area contributed by atoms with Gasteiger partial charge >= 0.3 is 17.9 Å². The van der Waals surface area contributed by atoms with Crippen molar-refractivity contribution in [3.8, 4) is 17.4 Å². The lowest BCUT2D eigenvalue weighted by Crippen LogP contribution is -2.16. The van der Waals surface area contributed by atoms with Crippen LogP contribution in [0.5, 0.6) is 6.01 Å². The molecule has 0 unspecified atom stereocenters. The van der Waals surface area contributed by atoms with E-state index < -0.39 is 17.4 Å². The van der Waals surface area contributed by atoms with Gasteiger partial charge in [0.2, 0.25) is 0 Å². The van der Waals surface area contributed by atoms with Crippen LogP contribution in [0.25, 0.3) is 11.4 Å². The van der Waals surface area contributed by atoms with Crippen LogP contribution in [0.15, 0.2) is 23.3 Å². The molecule has 1 N–H and O–H groups in total. The third kappa shape index (κ3) is 2.69. The first-order chi connectivity index (χ1) is 8.91. The summed E-state index contributed by atoms with van der Waals surface area (Å²) in [6.45, 7) is 0. The highest BCUT2D eigenvalue weighted by Crippen LogP contribution is 2.35. The Hall–Kier alpha value is -2.45. The molecule has 0 bridgehead atoms. The van der Waals surface area contributed by atoms with Crippen molar-refractivity contribution in [3.05, 3.63) is 34.5 Å². The summed E-state index contributed by atoms with van der Waals surface area (Å²) in [5.41, 5.74) is -2.18. The standard InChI is InChI=1S/C10H7F3N4O2/c1-19-9-16-7(15-8(18)17-9)5-4-14-3-2-6(5)10(11,12)13/h2-4H,1H3,(H,15,16,17,18). The second-order valence-corrected chi connectivity index (χ2v) is 3.41. The largest absolute Gasteiger partial charge is 0.467 e. The number of hydrogen-bond donors (Lipinski definition) is 1. The van der Waals surface area contributed by atoms with Gasteiger partial charge in [-0.05, 0) is 6.07 Å². The normalized spacial score (nSPS) is 11.4. The number of pyridine rings is 1. The molecule has 2 rings (SSSR count). The third-order valence-electron chi connectivity index (χ3n) is 2.19. The lowest BCUT2D eigenvalue weighted by Gasteiger charge is -2.11. The fourth-order valence-corrected chi connectivity index (χ4v) is 1.41. The van der Waals surface area contributed by atoms with Gasteiger partial charge in [-0.3, -0.25) is 9.97 Å². The minimum Gasteiger partial charge on any atom is -0.467 e. The summed E-state index contributed by atoms with van der Waals surface area (Å²) in [6, 6.07) is 0.470. The molecular weight excluding hydrogens is 265 g/mol. The van der Waals surface area contributed by atoms with E-state index in [-0.39, 0.29) is 17.4 Å². The van der Waals surface area contributed by atoms with Crippen LogP contribution in [0, 0.1) is 0 Å². The maximum atomic E-state index is 12.8. The number of alkyl halides is 3. The van der Waals surface area contributed by atoms with Gasteiger partial charge in [0.15, 0.2) is 0 Å². The van der Waals surface area contributed by atoms with Gasteiger partial charge in [0.1, 0.15) is 5.82 Å². The quantitative estimate of drug-likeness (QED) is 0.890. The molecule has 0 spiro atoms. The Morgan fingerprint density at radius 3 is 2.68 bits per heavy atom. The van der Waals surface area contributed by atoms with Crippen molar-refractivity contribution in [2.24, 2.45) is 0 Å². The fraction of sp³-hybridized carbons (Fsp3) is 0.200. The maximum absolute atomic E-state index is 12.8. The van der Waals surface area contributed by atoms with E-state index in [1.165, 1.54) is 7.11 Å². The third-order valence-corrected chi connectivity index (χ3v) is 2.19. The number of aromatic amines is 1.